The third-order valence-corrected chi connectivity index (χ3v) is 8.69. The van der Waals surface area contributed by atoms with E-state index in [0.29, 0.717) is 18.4 Å². The average molecular weight is 545 g/mol. The van der Waals surface area contributed by atoms with Crippen LogP contribution in [0.4, 0.5) is 0 Å². The summed E-state index contributed by atoms with van der Waals surface area (Å²) in [5.41, 5.74) is -0.587. The lowest BCUT2D eigenvalue weighted by Gasteiger charge is -2.60. The summed E-state index contributed by atoms with van der Waals surface area (Å²) >= 11 is 0. The number of rotatable bonds is 9. The van der Waals surface area contributed by atoms with Crippen molar-refractivity contribution in [1.29, 1.82) is 0 Å². The molecule has 1 fully saturated rings. The molecule has 5 heteroatoms. The Bertz CT molecular complexity index is 1320. The molecule has 3 atom stereocenters. The molecular formula is C35H44O5. The first kappa shape index (κ1) is 31.2. The van der Waals surface area contributed by atoms with E-state index in [4.69, 9.17) is 4.74 Å². The van der Waals surface area contributed by atoms with Crippen LogP contribution in [0.2, 0.25) is 0 Å². The Hall–Kier alpha value is -3.34. The monoisotopic (exact) mass is 544 g/mol. The number of hydrogen-bond donors (Lipinski definition) is 0. The third kappa shape index (κ3) is 5.23. The number of carbonyl (C=O) groups excluding carboxylic acids is 4. The molecule has 0 aliphatic heterocycles. The van der Waals surface area contributed by atoms with Crippen LogP contribution in [0.5, 0.6) is 0 Å². The average Bonchev–Trinajstić information content (AvgIpc) is 2.86. The highest BCUT2D eigenvalue weighted by atomic mass is 16.5. The summed E-state index contributed by atoms with van der Waals surface area (Å²) in [6, 6.07) is 8.71. The van der Waals surface area contributed by atoms with E-state index in [1.165, 1.54) is 6.92 Å². The van der Waals surface area contributed by atoms with Crippen LogP contribution in [0.25, 0.3) is 0 Å². The molecule has 0 amide bonds. The van der Waals surface area contributed by atoms with Gasteiger partial charge in [0.05, 0.1) is 5.41 Å². The zero-order chi connectivity index (χ0) is 30.0. The number of esters is 1. The standard InChI is InChI=1S/C35H44O5/c1-22(2)15-17-27-21-34(20-19-24(5)6)30(38)28(18-16-23(3)4)31(40-25(7)36)35(32(34)39,33(27,8)9)29(37)26-13-11-10-12-14-26/h10-16,19,27H,17-18,20-21H2,1-9H3/t27-,34-,35+/m1/s1. The summed E-state index contributed by atoms with van der Waals surface area (Å²) in [5.74, 6) is -2.17. The number of carbonyl (C=O) groups is 4. The van der Waals surface area contributed by atoms with Crippen molar-refractivity contribution in [1.82, 2.24) is 0 Å². The minimum atomic E-state index is -1.85. The van der Waals surface area contributed by atoms with E-state index >= 15 is 4.79 Å². The highest BCUT2D eigenvalue weighted by molar-refractivity contribution is 6.30. The summed E-state index contributed by atoms with van der Waals surface area (Å²) < 4.78 is 5.91. The molecule has 2 aliphatic carbocycles. The molecule has 1 aromatic carbocycles. The van der Waals surface area contributed by atoms with E-state index in [-0.39, 0.29) is 35.9 Å². The van der Waals surface area contributed by atoms with E-state index in [0.717, 1.165) is 16.7 Å². The van der Waals surface area contributed by atoms with Gasteiger partial charge in [0, 0.05) is 18.1 Å². The number of Topliss-reactive ketones (excluding diaryl/α,β-unsaturated/α-hetero) is 3. The van der Waals surface area contributed by atoms with Crippen LogP contribution in [0, 0.1) is 22.2 Å². The zero-order valence-electron chi connectivity index (χ0n) is 25.6. The first-order valence-electron chi connectivity index (χ1n) is 14.1. The quantitative estimate of drug-likeness (QED) is 0.137. The maximum absolute atomic E-state index is 15.1. The maximum atomic E-state index is 15.1. The van der Waals surface area contributed by atoms with Crippen molar-refractivity contribution in [2.45, 2.75) is 88.0 Å². The predicted molar refractivity (Wildman–Crippen MR) is 158 cm³/mol. The van der Waals surface area contributed by atoms with Crippen LogP contribution in [-0.2, 0) is 19.1 Å². The zero-order valence-corrected chi connectivity index (χ0v) is 25.6. The van der Waals surface area contributed by atoms with E-state index in [2.05, 4.69) is 6.08 Å². The number of fused-ring (bicyclic) bond motifs is 2. The Morgan fingerprint density at radius 3 is 1.98 bits per heavy atom. The molecule has 0 unspecified atom stereocenters. The van der Waals surface area contributed by atoms with Gasteiger partial charge >= 0.3 is 5.97 Å². The van der Waals surface area contributed by atoms with E-state index in [1.54, 1.807) is 24.3 Å². The van der Waals surface area contributed by atoms with Crippen molar-refractivity contribution in [3.8, 4) is 0 Å². The van der Waals surface area contributed by atoms with Gasteiger partial charge in [0.2, 0.25) is 0 Å². The molecule has 3 rings (SSSR count). The Morgan fingerprint density at radius 2 is 1.45 bits per heavy atom. The Morgan fingerprint density at radius 1 is 0.875 bits per heavy atom. The molecule has 0 saturated heterocycles. The van der Waals surface area contributed by atoms with Crippen LogP contribution in [0.1, 0.15) is 98.4 Å². The van der Waals surface area contributed by atoms with Crippen molar-refractivity contribution in [2.75, 3.05) is 0 Å². The van der Waals surface area contributed by atoms with Crippen LogP contribution < -0.4 is 0 Å². The normalized spacial score (nSPS) is 25.2. The molecule has 214 valence electrons. The molecule has 0 radical (unpaired) electrons. The molecule has 0 spiro atoms. The first-order valence-corrected chi connectivity index (χ1v) is 14.1. The smallest absolute Gasteiger partial charge is 0.307 e. The van der Waals surface area contributed by atoms with Gasteiger partial charge in [-0.2, -0.15) is 0 Å². The second-order valence-corrected chi connectivity index (χ2v) is 12.7. The van der Waals surface area contributed by atoms with Gasteiger partial charge in [-0.1, -0.05) is 79.1 Å². The van der Waals surface area contributed by atoms with Crippen LogP contribution >= 0.6 is 0 Å². The van der Waals surface area contributed by atoms with Gasteiger partial charge in [0.25, 0.3) is 0 Å². The van der Waals surface area contributed by atoms with E-state index in [9.17, 15) is 14.4 Å². The van der Waals surface area contributed by atoms with Crippen LogP contribution in [0.15, 0.2) is 76.6 Å². The fraction of sp³-hybridized carbons (Fsp3) is 0.486. The highest BCUT2D eigenvalue weighted by Crippen LogP contribution is 2.67. The molecular weight excluding hydrogens is 500 g/mol. The minimum absolute atomic E-state index is 0.0823. The lowest BCUT2D eigenvalue weighted by atomic mass is 9.39. The van der Waals surface area contributed by atoms with Crippen molar-refractivity contribution < 1.29 is 23.9 Å². The highest BCUT2D eigenvalue weighted by Gasteiger charge is 2.75. The lowest BCUT2D eigenvalue weighted by Crippen LogP contribution is -2.69. The molecule has 0 N–H and O–H groups in total. The van der Waals surface area contributed by atoms with Gasteiger partial charge in [0.1, 0.15) is 5.76 Å². The van der Waals surface area contributed by atoms with Gasteiger partial charge < -0.3 is 4.74 Å². The van der Waals surface area contributed by atoms with Gasteiger partial charge in [-0.25, -0.2) is 0 Å². The fourth-order valence-corrected chi connectivity index (χ4v) is 6.42. The summed E-state index contributed by atoms with van der Waals surface area (Å²) in [6.07, 6.45) is 7.21. The van der Waals surface area contributed by atoms with Crippen LogP contribution in [0.3, 0.4) is 0 Å². The van der Waals surface area contributed by atoms with Crippen molar-refractivity contribution in [3.63, 3.8) is 0 Å². The maximum Gasteiger partial charge on any atom is 0.307 e. The number of ketones is 3. The largest absolute Gasteiger partial charge is 0.429 e. The second-order valence-electron chi connectivity index (χ2n) is 12.7. The summed E-state index contributed by atoms with van der Waals surface area (Å²) in [5, 5.41) is 0. The van der Waals surface area contributed by atoms with Gasteiger partial charge in [-0.05, 0) is 78.6 Å². The minimum Gasteiger partial charge on any atom is -0.429 e. The van der Waals surface area contributed by atoms with Crippen molar-refractivity contribution >= 4 is 23.3 Å². The number of benzene rings is 1. The third-order valence-electron chi connectivity index (χ3n) is 8.69. The Balaban J connectivity index is 2.57. The van der Waals surface area contributed by atoms with E-state index in [1.807, 2.05) is 73.6 Å². The molecule has 0 aromatic heterocycles. The molecule has 5 nitrogen and oxygen atoms in total. The molecule has 2 bridgehead atoms. The van der Waals surface area contributed by atoms with Gasteiger partial charge in [-0.3, -0.25) is 19.2 Å². The molecule has 2 aliphatic rings. The lowest BCUT2D eigenvalue weighted by molar-refractivity contribution is -0.166. The molecule has 1 aromatic rings. The topological polar surface area (TPSA) is 77.5 Å². The fourth-order valence-electron chi connectivity index (χ4n) is 6.42. The molecule has 1 saturated carbocycles. The summed E-state index contributed by atoms with van der Waals surface area (Å²) in [7, 11) is 0. The SMILES string of the molecule is CC(=O)OC1=C(CC=C(C)C)C(=O)[C@@]2(CC=C(C)C)C[C@@H](CC=C(C)C)C(C)(C)[C@]1(C(=O)c1ccccc1)C2=O. The van der Waals surface area contributed by atoms with Gasteiger partial charge in [0.15, 0.2) is 22.8 Å². The second kappa shape index (κ2) is 11.6. The molecule has 0 heterocycles. The number of ether oxygens (including phenoxy) is 1. The first-order chi connectivity index (χ1) is 18.6. The summed E-state index contributed by atoms with van der Waals surface area (Å²) in [6.45, 7) is 16.9. The molecule has 40 heavy (non-hydrogen) atoms. The predicted octanol–water partition coefficient (Wildman–Crippen LogP) is 7.93. The number of allylic oxidation sites excluding steroid dienone is 8. The van der Waals surface area contributed by atoms with Gasteiger partial charge in [-0.15, -0.1) is 0 Å². The Labute approximate surface area is 239 Å². The number of hydrogen-bond acceptors (Lipinski definition) is 5. The van der Waals surface area contributed by atoms with E-state index < -0.39 is 33.8 Å². The van der Waals surface area contributed by atoms with Crippen molar-refractivity contribution in [2.24, 2.45) is 22.2 Å². The van der Waals surface area contributed by atoms with Crippen molar-refractivity contribution in [3.05, 3.63) is 82.2 Å². The Kier molecular flexibility index (Phi) is 9.08. The van der Waals surface area contributed by atoms with Crippen LogP contribution in [-0.4, -0.2) is 23.3 Å². The summed E-state index contributed by atoms with van der Waals surface area (Å²) in [4.78, 5) is 57.3.